The van der Waals surface area contributed by atoms with Gasteiger partial charge in [0.2, 0.25) is 0 Å². The molecule has 5 nitrogen and oxygen atoms in total. The van der Waals surface area contributed by atoms with E-state index in [1.807, 2.05) is 46.9 Å². The molecule has 0 aliphatic rings. The predicted octanol–water partition coefficient (Wildman–Crippen LogP) is 3.00. The molecule has 0 saturated heterocycles. The largest absolute Gasteiger partial charge is 0.461 e. The van der Waals surface area contributed by atoms with Gasteiger partial charge in [-0.2, -0.15) is 0 Å². The standard InChI is InChI=1S/C18H14N2O3/c1-11(21)23-10-14-12-6-2-4-8-15(12)20-16-9-5-3-7-13(16)18(22)19-17(14)20/h2-9H,10H2,1H3,(H,19,22). The lowest BCUT2D eigenvalue weighted by molar-refractivity contribution is -0.142. The van der Waals surface area contributed by atoms with Crippen molar-refractivity contribution in [2.75, 3.05) is 0 Å². The van der Waals surface area contributed by atoms with E-state index in [-0.39, 0.29) is 18.1 Å². The Labute approximate surface area is 131 Å². The molecule has 0 aliphatic carbocycles. The number of H-pyrrole nitrogens is 1. The first-order chi connectivity index (χ1) is 11.2. The third-order valence-corrected chi connectivity index (χ3v) is 4.02. The van der Waals surface area contributed by atoms with Gasteiger partial charge in [-0.05, 0) is 18.2 Å². The molecule has 5 heteroatoms. The molecule has 114 valence electrons. The Morgan fingerprint density at radius 3 is 2.35 bits per heavy atom. The number of fused-ring (bicyclic) bond motifs is 5. The van der Waals surface area contributed by atoms with E-state index >= 15 is 0 Å². The fraction of sp³-hybridized carbons (Fsp3) is 0.111. The Kier molecular flexibility index (Phi) is 2.94. The first kappa shape index (κ1) is 13.6. The molecule has 0 saturated carbocycles. The van der Waals surface area contributed by atoms with Crippen molar-refractivity contribution in [2.45, 2.75) is 13.5 Å². The van der Waals surface area contributed by atoms with Gasteiger partial charge in [0.25, 0.3) is 5.56 Å². The van der Waals surface area contributed by atoms with Crippen molar-refractivity contribution in [3.63, 3.8) is 0 Å². The minimum absolute atomic E-state index is 0.126. The Hall–Kier alpha value is -3.08. The molecule has 0 amide bonds. The van der Waals surface area contributed by atoms with Gasteiger partial charge in [-0.25, -0.2) is 0 Å². The van der Waals surface area contributed by atoms with Crippen molar-refractivity contribution in [3.8, 4) is 0 Å². The number of esters is 1. The SMILES string of the molecule is CC(=O)OCc1c2ccccc2n2c1[nH]c(=O)c1ccccc12. The fourth-order valence-corrected chi connectivity index (χ4v) is 3.04. The summed E-state index contributed by atoms with van der Waals surface area (Å²) in [5.74, 6) is -0.350. The molecule has 2 aromatic carbocycles. The number of nitrogens with one attached hydrogen (secondary N) is 1. The molecule has 1 N–H and O–H groups in total. The number of hydrogen-bond donors (Lipinski definition) is 1. The Morgan fingerprint density at radius 2 is 1.65 bits per heavy atom. The van der Waals surface area contributed by atoms with Gasteiger partial charge in [-0.15, -0.1) is 0 Å². The van der Waals surface area contributed by atoms with Crippen LogP contribution in [0.15, 0.2) is 53.3 Å². The summed E-state index contributed by atoms with van der Waals surface area (Å²) >= 11 is 0. The highest BCUT2D eigenvalue weighted by molar-refractivity contribution is 5.96. The van der Waals surface area contributed by atoms with E-state index in [1.54, 1.807) is 6.07 Å². The average Bonchev–Trinajstić information content (AvgIpc) is 2.87. The fourth-order valence-electron chi connectivity index (χ4n) is 3.04. The number of nitrogens with zero attached hydrogens (tertiary/aromatic N) is 1. The van der Waals surface area contributed by atoms with Crippen molar-refractivity contribution < 1.29 is 9.53 Å². The van der Waals surface area contributed by atoms with Gasteiger partial charge in [0.15, 0.2) is 0 Å². The van der Waals surface area contributed by atoms with Gasteiger partial charge in [0.05, 0.1) is 16.4 Å². The van der Waals surface area contributed by atoms with Crippen LogP contribution in [0.1, 0.15) is 12.5 Å². The summed E-state index contributed by atoms with van der Waals surface area (Å²) in [5.41, 5.74) is 3.11. The van der Waals surface area contributed by atoms with Crippen LogP contribution in [0, 0.1) is 0 Å². The number of aromatic amines is 1. The van der Waals surface area contributed by atoms with Gasteiger partial charge >= 0.3 is 5.97 Å². The number of aromatic nitrogens is 2. The highest BCUT2D eigenvalue weighted by atomic mass is 16.5. The summed E-state index contributed by atoms with van der Waals surface area (Å²) in [4.78, 5) is 26.5. The number of ether oxygens (including phenoxy) is 1. The minimum Gasteiger partial charge on any atom is -0.461 e. The normalized spacial score (nSPS) is 11.3. The van der Waals surface area contributed by atoms with Crippen LogP contribution in [0.5, 0.6) is 0 Å². The van der Waals surface area contributed by atoms with E-state index in [9.17, 15) is 9.59 Å². The number of para-hydroxylation sites is 2. The lowest BCUT2D eigenvalue weighted by Crippen LogP contribution is -2.10. The van der Waals surface area contributed by atoms with E-state index in [0.717, 1.165) is 22.0 Å². The van der Waals surface area contributed by atoms with Gasteiger partial charge < -0.3 is 9.72 Å². The Bertz CT molecular complexity index is 1120. The second-order valence-electron chi connectivity index (χ2n) is 5.43. The molecule has 4 aromatic rings. The zero-order valence-corrected chi connectivity index (χ0v) is 12.5. The number of rotatable bonds is 2. The van der Waals surface area contributed by atoms with E-state index in [4.69, 9.17) is 4.74 Å². The van der Waals surface area contributed by atoms with E-state index in [0.29, 0.717) is 11.0 Å². The maximum Gasteiger partial charge on any atom is 0.302 e. The Balaban J connectivity index is 2.19. The second-order valence-corrected chi connectivity index (χ2v) is 5.43. The highest BCUT2D eigenvalue weighted by Gasteiger charge is 2.16. The van der Waals surface area contributed by atoms with Crippen LogP contribution in [0.4, 0.5) is 0 Å². The number of carbonyl (C=O) groups is 1. The molecule has 4 rings (SSSR count). The van der Waals surface area contributed by atoms with Crippen molar-refractivity contribution in [3.05, 3.63) is 64.4 Å². The summed E-state index contributed by atoms with van der Waals surface area (Å²) < 4.78 is 7.18. The number of benzene rings is 2. The quantitative estimate of drug-likeness (QED) is 0.579. The first-order valence-electron chi connectivity index (χ1n) is 7.33. The molecule has 0 bridgehead atoms. The van der Waals surface area contributed by atoms with E-state index in [1.165, 1.54) is 6.92 Å². The summed E-state index contributed by atoms with van der Waals surface area (Å²) in [6.07, 6.45) is 0. The smallest absolute Gasteiger partial charge is 0.302 e. The van der Waals surface area contributed by atoms with Crippen LogP contribution in [0.2, 0.25) is 0 Å². The summed E-state index contributed by atoms with van der Waals surface area (Å²) in [6, 6.07) is 15.3. The molecule has 2 heterocycles. The maximum atomic E-state index is 12.4. The third-order valence-electron chi connectivity index (χ3n) is 4.02. The average molecular weight is 306 g/mol. The molecular weight excluding hydrogens is 292 g/mol. The van der Waals surface area contributed by atoms with Crippen LogP contribution in [0.25, 0.3) is 27.5 Å². The van der Waals surface area contributed by atoms with E-state index < -0.39 is 0 Å². The van der Waals surface area contributed by atoms with Crippen LogP contribution in [0.3, 0.4) is 0 Å². The van der Waals surface area contributed by atoms with Gasteiger partial charge in [0, 0.05) is 17.9 Å². The molecule has 0 aliphatic heterocycles. The van der Waals surface area contributed by atoms with Gasteiger partial charge in [0.1, 0.15) is 12.3 Å². The van der Waals surface area contributed by atoms with Gasteiger partial charge in [-0.3, -0.25) is 14.0 Å². The van der Waals surface area contributed by atoms with Crippen molar-refractivity contribution in [1.82, 2.24) is 9.38 Å². The zero-order chi connectivity index (χ0) is 16.0. The lowest BCUT2D eigenvalue weighted by Gasteiger charge is -2.05. The number of hydrogen-bond acceptors (Lipinski definition) is 3. The van der Waals surface area contributed by atoms with Crippen LogP contribution in [-0.4, -0.2) is 15.4 Å². The molecule has 0 atom stereocenters. The highest BCUT2D eigenvalue weighted by Crippen LogP contribution is 2.28. The van der Waals surface area contributed by atoms with Crippen molar-refractivity contribution in [1.29, 1.82) is 0 Å². The summed E-state index contributed by atoms with van der Waals surface area (Å²) in [5, 5.41) is 1.58. The van der Waals surface area contributed by atoms with Gasteiger partial charge in [-0.1, -0.05) is 30.3 Å². The zero-order valence-electron chi connectivity index (χ0n) is 12.5. The lowest BCUT2D eigenvalue weighted by atomic mass is 10.2. The number of carbonyl (C=O) groups excluding carboxylic acids is 1. The van der Waals surface area contributed by atoms with Crippen molar-refractivity contribution >= 4 is 33.4 Å². The summed E-state index contributed by atoms with van der Waals surface area (Å²) in [7, 11) is 0. The topological polar surface area (TPSA) is 63.6 Å². The molecule has 0 unspecified atom stereocenters. The maximum absolute atomic E-state index is 12.4. The van der Waals surface area contributed by atoms with Crippen molar-refractivity contribution in [2.24, 2.45) is 0 Å². The monoisotopic (exact) mass is 306 g/mol. The summed E-state index contributed by atoms with van der Waals surface area (Å²) in [6.45, 7) is 1.50. The molecule has 23 heavy (non-hydrogen) atoms. The molecule has 2 aromatic heterocycles. The van der Waals surface area contributed by atoms with Crippen LogP contribution < -0.4 is 5.56 Å². The minimum atomic E-state index is -0.350. The van der Waals surface area contributed by atoms with E-state index in [2.05, 4.69) is 4.98 Å². The molecule has 0 radical (unpaired) electrons. The Morgan fingerprint density at radius 1 is 1.04 bits per heavy atom. The molecular formula is C18H14N2O3. The molecule has 0 spiro atoms. The third kappa shape index (κ3) is 2.01. The molecule has 0 fully saturated rings. The first-order valence-corrected chi connectivity index (χ1v) is 7.33. The van der Waals surface area contributed by atoms with Crippen LogP contribution in [-0.2, 0) is 16.1 Å². The second kappa shape index (κ2) is 4.98. The van der Waals surface area contributed by atoms with Crippen LogP contribution >= 0.6 is 0 Å². The predicted molar refractivity (Wildman–Crippen MR) is 88.5 cm³/mol.